The third-order valence-electron chi connectivity index (χ3n) is 8.33. The number of hydrogen-bond donors (Lipinski definition) is 0. The third-order valence-corrected chi connectivity index (χ3v) is 9.38. The molecule has 0 amide bonds. The van der Waals surface area contributed by atoms with Crippen molar-refractivity contribution in [1.29, 1.82) is 0 Å². The standard InChI is InChI=1S/C44H43N3O10S/c1-4-7-8-11-25-47(44-46-37-12-9-10-13-39(37)58-44)45-28-34-27-31(24-26-52-42(50)32-15-19-35(20-16-32)53-29-55-40(48)5-2)14-23-38(34)57-43(51)33-17-21-36(22-18-33)54-30-56-41(49)6-3/h5-6,9-10,12-23,27-28H,2-4,7-8,11,24-26,29-30H2,1H3/b45-28+. The van der Waals surface area contributed by atoms with E-state index in [4.69, 9.17) is 38.5 Å². The normalized spacial score (nSPS) is 10.8. The Kier molecular flexibility index (Phi) is 16.1. The molecule has 0 unspecified atom stereocenters. The predicted molar refractivity (Wildman–Crippen MR) is 221 cm³/mol. The molecule has 58 heavy (non-hydrogen) atoms. The van der Waals surface area contributed by atoms with Crippen LogP contribution in [0.15, 0.2) is 121 Å². The highest BCUT2D eigenvalue weighted by atomic mass is 32.1. The monoisotopic (exact) mass is 805 g/mol. The second kappa shape index (κ2) is 22.1. The fraction of sp³-hybridized carbons (Fsp3) is 0.227. The Labute approximate surface area is 340 Å². The molecule has 0 saturated heterocycles. The Morgan fingerprint density at radius 3 is 2.02 bits per heavy atom. The van der Waals surface area contributed by atoms with Crippen molar-refractivity contribution in [1.82, 2.24) is 4.98 Å². The van der Waals surface area contributed by atoms with E-state index in [0.717, 1.165) is 58.7 Å². The van der Waals surface area contributed by atoms with E-state index < -0.39 is 23.9 Å². The topological polar surface area (TPSA) is 152 Å². The van der Waals surface area contributed by atoms with Crippen molar-refractivity contribution in [3.8, 4) is 17.2 Å². The summed E-state index contributed by atoms with van der Waals surface area (Å²) in [6, 6.07) is 25.6. The van der Waals surface area contributed by atoms with Crippen molar-refractivity contribution in [3.63, 3.8) is 0 Å². The Balaban J connectivity index is 1.31. The van der Waals surface area contributed by atoms with Gasteiger partial charge in [0.05, 0.1) is 34.2 Å². The summed E-state index contributed by atoms with van der Waals surface area (Å²) in [5, 5.41) is 7.48. The highest BCUT2D eigenvalue weighted by molar-refractivity contribution is 7.22. The largest absolute Gasteiger partial charge is 0.462 e. The molecule has 0 N–H and O–H groups in total. The number of nitrogens with zero attached hydrogens (tertiary/aromatic N) is 3. The highest BCUT2D eigenvalue weighted by Crippen LogP contribution is 2.30. The van der Waals surface area contributed by atoms with Crippen LogP contribution in [0.3, 0.4) is 0 Å². The number of carbonyl (C=O) groups excluding carboxylic acids is 4. The number of carbonyl (C=O) groups is 4. The summed E-state index contributed by atoms with van der Waals surface area (Å²) < 4.78 is 32.9. The molecule has 5 rings (SSSR count). The van der Waals surface area contributed by atoms with Gasteiger partial charge in [0, 0.05) is 30.7 Å². The molecule has 1 aromatic heterocycles. The van der Waals surface area contributed by atoms with E-state index in [0.29, 0.717) is 35.6 Å². The molecular weight excluding hydrogens is 763 g/mol. The van der Waals surface area contributed by atoms with Gasteiger partial charge in [0.2, 0.25) is 18.7 Å². The molecule has 0 spiro atoms. The summed E-state index contributed by atoms with van der Waals surface area (Å²) in [6.07, 6.45) is 8.22. The number of hydrogen-bond acceptors (Lipinski definition) is 14. The fourth-order valence-corrected chi connectivity index (χ4v) is 6.20. The molecule has 0 aliphatic carbocycles. The number of unbranched alkanes of at least 4 members (excludes halogenated alkanes) is 3. The number of benzene rings is 4. The molecular formula is C44H43N3O10S. The molecule has 0 bridgehead atoms. The van der Waals surface area contributed by atoms with E-state index in [2.05, 4.69) is 20.1 Å². The van der Waals surface area contributed by atoms with Crippen LogP contribution in [0.5, 0.6) is 17.2 Å². The quantitative estimate of drug-likeness (QED) is 0.00964. The van der Waals surface area contributed by atoms with Crippen molar-refractivity contribution in [2.75, 3.05) is 31.7 Å². The van der Waals surface area contributed by atoms with E-state index in [1.807, 2.05) is 35.3 Å². The molecule has 14 heteroatoms. The van der Waals surface area contributed by atoms with Gasteiger partial charge in [-0.2, -0.15) is 5.10 Å². The van der Waals surface area contributed by atoms with Crippen molar-refractivity contribution >= 4 is 56.8 Å². The Bertz CT molecular complexity index is 2180. The highest BCUT2D eigenvalue weighted by Gasteiger charge is 2.16. The van der Waals surface area contributed by atoms with Crippen LogP contribution in [0.25, 0.3) is 10.2 Å². The number of esters is 4. The first kappa shape index (κ1) is 42.3. The Hall–Kier alpha value is -6.80. The van der Waals surface area contributed by atoms with Gasteiger partial charge in [0.1, 0.15) is 17.2 Å². The number of anilines is 1. The van der Waals surface area contributed by atoms with E-state index in [-0.39, 0.29) is 31.5 Å². The number of ether oxygens (including phenoxy) is 6. The molecule has 0 aliphatic rings. The van der Waals surface area contributed by atoms with E-state index in [1.54, 1.807) is 66.1 Å². The minimum atomic E-state index is -0.618. The summed E-state index contributed by atoms with van der Waals surface area (Å²) in [5.41, 5.74) is 2.79. The lowest BCUT2D eigenvalue weighted by Crippen LogP contribution is -2.18. The Morgan fingerprint density at radius 2 is 1.40 bits per heavy atom. The smallest absolute Gasteiger partial charge is 0.343 e. The first-order valence-corrected chi connectivity index (χ1v) is 19.3. The summed E-state index contributed by atoms with van der Waals surface area (Å²) in [4.78, 5) is 53.5. The van der Waals surface area contributed by atoms with Gasteiger partial charge in [0.25, 0.3) is 0 Å². The first-order valence-electron chi connectivity index (χ1n) is 18.5. The zero-order valence-corrected chi connectivity index (χ0v) is 32.8. The number of thiazole rings is 1. The molecule has 4 aromatic carbocycles. The zero-order valence-electron chi connectivity index (χ0n) is 32.0. The van der Waals surface area contributed by atoms with Gasteiger partial charge in [-0.15, -0.1) is 0 Å². The lowest BCUT2D eigenvalue weighted by Gasteiger charge is -2.16. The van der Waals surface area contributed by atoms with Crippen LogP contribution in [0.4, 0.5) is 5.13 Å². The predicted octanol–water partition coefficient (Wildman–Crippen LogP) is 8.47. The maximum absolute atomic E-state index is 13.4. The molecule has 0 atom stereocenters. The zero-order chi connectivity index (χ0) is 41.1. The summed E-state index contributed by atoms with van der Waals surface area (Å²) in [5.74, 6) is -1.31. The first-order chi connectivity index (χ1) is 28.3. The van der Waals surface area contributed by atoms with Crippen LogP contribution in [0, 0.1) is 0 Å². The number of aromatic nitrogens is 1. The van der Waals surface area contributed by atoms with Crippen LogP contribution in [-0.2, 0) is 30.2 Å². The molecule has 0 radical (unpaired) electrons. The van der Waals surface area contributed by atoms with E-state index in [1.165, 1.54) is 12.1 Å². The SMILES string of the molecule is C=CC(=O)OCOc1ccc(C(=O)OCCc2ccc(OC(=O)c3ccc(OCOC(=O)C=C)cc3)c(/C=N/N(CCCCCC)c3nc4ccccc4s3)c2)cc1. The molecule has 0 fully saturated rings. The second-order valence-corrected chi connectivity index (χ2v) is 13.5. The minimum absolute atomic E-state index is 0.0702. The van der Waals surface area contributed by atoms with Crippen LogP contribution >= 0.6 is 11.3 Å². The molecule has 0 saturated carbocycles. The fourth-order valence-electron chi connectivity index (χ4n) is 5.25. The maximum atomic E-state index is 13.4. The van der Waals surface area contributed by atoms with Crippen LogP contribution in [-0.4, -0.2) is 61.8 Å². The molecule has 1 heterocycles. The van der Waals surface area contributed by atoms with Crippen molar-refractivity contribution < 1.29 is 47.6 Å². The van der Waals surface area contributed by atoms with Crippen molar-refractivity contribution in [3.05, 3.63) is 139 Å². The molecule has 0 aliphatic heterocycles. The van der Waals surface area contributed by atoms with Gasteiger partial charge >= 0.3 is 23.9 Å². The van der Waals surface area contributed by atoms with Gasteiger partial charge in [0.15, 0.2) is 0 Å². The van der Waals surface area contributed by atoms with Gasteiger partial charge < -0.3 is 28.4 Å². The minimum Gasteiger partial charge on any atom is -0.462 e. The van der Waals surface area contributed by atoms with Gasteiger partial charge in [-0.05, 0) is 84.8 Å². The van der Waals surface area contributed by atoms with E-state index in [9.17, 15) is 19.2 Å². The number of hydrazone groups is 1. The average molecular weight is 806 g/mol. The van der Waals surface area contributed by atoms with Gasteiger partial charge in [-0.3, -0.25) is 0 Å². The third kappa shape index (κ3) is 12.9. The van der Waals surface area contributed by atoms with E-state index >= 15 is 0 Å². The second-order valence-electron chi connectivity index (χ2n) is 12.4. The number of fused-ring (bicyclic) bond motifs is 1. The van der Waals surface area contributed by atoms with Crippen LogP contribution in [0.2, 0.25) is 0 Å². The lowest BCUT2D eigenvalue weighted by atomic mass is 10.1. The summed E-state index contributed by atoms with van der Waals surface area (Å²) in [6.45, 7) is 8.93. The maximum Gasteiger partial charge on any atom is 0.343 e. The van der Waals surface area contributed by atoms with Gasteiger partial charge in [-0.25, -0.2) is 29.2 Å². The van der Waals surface area contributed by atoms with Crippen molar-refractivity contribution in [2.45, 2.75) is 39.0 Å². The molecule has 13 nitrogen and oxygen atoms in total. The number of para-hydroxylation sites is 1. The van der Waals surface area contributed by atoms with Gasteiger partial charge in [-0.1, -0.05) is 68.9 Å². The van der Waals surface area contributed by atoms with Crippen molar-refractivity contribution in [2.24, 2.45) is 5.10 Å². The molecule has 300 valence electrons. The summed E-state index contributed by atoms with van der Waals surface area (Å²) >= 11 is 1.55. The van der Waals surface area contributed by atoms with Crippen LogP contribution < -0.4 is 19.2 Å². The number of rotatable bonds is 22. The average Bonchev–Trinajstić information content (AvgIpc) is 3.68. The summed E-state index contributed by atoms with van der Waals surface area (Å²) in [7, 11) is 0. The van der Waals surface area contributed by atoms with Crippen LogP contribution in [0.1, 0.15) is 64.4 Å². The molecule has 5 aromatic rings. The lowest BCUT2D eigenvalue weighted by molar-refractivity contribution is -0.145. The Morgan fingerprint density at radius 1 is 0.759 bits per heavy atom.